The number of fused-ring (bicyclic) bond motifs is 1. The van der Waals surface area contributed by atoms with Crippen LogP contribution in [-0.2, 0) is 6.61 Å². The SMILES string of the molecule is C/C=C(\CO)c1ccc(Cl)c(COc2cccc3ccc(C)nc23)c1Cl. The summed E-state index contributed by atoms with van der Waals surface area (Å²) in [6.07, 6.45) is 1.83. The van der Waals surface area contributed by atoms with Crippen molar-refractivity contribution in [3.63, 3.8) is 0 Å². The van der Waals surface area contributed by atoms with Gasteiger partial charge in [-0.1, -0.05) is 53.5 Å². The topological polar surface area (TPSA) is 42.4 Å². The van der Waals surface area contributed by atoms with Crippen LogP contribution in [0.15, 0.2) is 48.5 Å². The third-order valence-electron chi connectivity index (χ3n) is 4.25. The number of aryl methyl sites for hydroxylation is 1. The maximum absolute atomic E-state index is 9.52. The molecule has 3 aromatic rings. The number of aliphatic hydroxyl groups excluding tert-OH is 1. The van der Waals surface area contributed by atoms with E-state index in [0.29, 0.717) is 21.4 Å². The number of allylic oxidation sites excluding steroid dienone is 1. The van der Waals surface area contributed by atoms with E-state index in [2.05, 4.69) is 4.98 Å². The zero-order chi connectivity index (χ0) is 18.7. The van der Waals surface area contributed by atoms with E-state index < -0.39 is 0 Å². The second-order valence-electron chi connectivity index (χ2n) is 5.93. The largest absolute Gasteiger partial charge is 0.487 e. The zero-order valence-electron chi connectivity index (χ0n) is 14.6. The zero-order valence-corrected chi connectivity index (χ0v) is 16.1. The maximum atomic E-state index is 9.52. The molecule has 0 aliphatic rings. The van der Waals surface area contributed by atoms with Crippen molar-refractivity contribution in [2.24, 2.45) is 0 Å². The number of para-hydroxylation sites is 1. The first kappa shape index (κ1) is 18.7. The molecule has 0 aliphatic heterocycles. The van der Waals surface area contributed by atoms with E-state index in [1.165, 1.54) is 0 Å². The van der Waals surface area contributed by atoms with Crippen molar-refractivity contribution in [1.29, 1.82) is 0 Å². The Hall–Kier alpha value is -2.07. The van der Waals surface area contributed by atoms with Crippen molar-refractivity contribution < 1.29 is 9.84 Å². The third kappa shape index (κ3) is 3.70. The van der Waals surface area contributed by atoms with E-state index in [1.807, 2.05) is 56.3 Å². The molecule has 3 rings (SSSR count). The monoisotopic (exact) mass is 387 g/mol. The quantitative estimate of drug-likeness (QED) is 0.599. The molecule has 134 valence electrons. The summed E-state index contributed by atoms with van der Waals surface area (Å²) >= 11 is 12.9. The molecule has 0 saturated carbocycles. The number of aliphatic hydroxyl groups is 1. The van der Waals surface area contributed by atoms with Gasteiger partial charge in [-0.15, -0.1) is 0 Å². The lowest BCUT2D eigenvalue weighted by Crippen LogP contribution is -2.02. The molecule has 0 spiro atoms. The average molecular weight is 388 g/mol. The lowest BCUT2D eigenvalue weighted by Gasteiger charge is -2.15. The molecular formula is C21H19Cl2NO2. The molecule has 1 heterocycles. The van der Waals surface area contributed by atoms with Crippen molar-refractivity contribution in [1.82, 2.24) is 4.98 Å². The third-order valence-corrected chi connectivity index (χ3v) is 5.03. The van der Waals surface area contributed by atoms with Crippen molar-refractivity contribution in [3.05, 3.63) is 75.4 Å². The average Bonchev–Trinajstić information content (AvgIpc) is 2.64. The molecular weight excluding hydrogens is 369 g/mol. The molecule has 0 radical (unpaired) electrons. The fourth-order valence-electron chi connectivity index (χ4n) is 2.79. The van der Waals surface area contributed by atoms with E-state index in [1.54, 1.807) is 6.07 Å². The van der Waals surface area contributed by atoms with Gasteiger partial charge in [-0.2, -0.15) is 0 Å². The Morgan fingerprint density at radius 1 is 1.15 bits per heavy atom. The number of hydrogen-bond acceptors (Lipinski definition) is 3. The highest BCUT2D eigenvalue weighted by atomic mass is 35.5. The van der Waals surface area contributed by atoms with Gasteiger partial charge in [0.1, 0.15) is 17.9 Å². The molecule has 2 aromatic carbocycles. The molecule has 0 saturated heterocycles. The van der Waals surface area contributed by atoms with Crippen LogP contribution < -0.4 is 4.74 Å². The van der Waals surface area contributed by atoms with Crippen LogP contribution in [-0.4, -0.2) is 16.7 Å². The van der Waals surface area contributed by atoms with Gasteiger partial charge in [0.2, 0.25) is 0 Å². The molecule has 0 bridgehead atoms. The second kappa shape index (κ2) is 8.09. The molecule has 26 heavy (non-hydrogen) atoms. The molecule has 0 atom stereocenters. The highest BCUT2D eigenvalue weighted by Gasteiger charge is 2.14. The summed E-state index contributed by atoms with van der Waals surface area (Å²) in [6.45, 7) is 3.92. The summed E-state index contributed by atoms with van der Waals surface area (Å²) in [5.41, 5.74) is 3.91. The van der Waals surface area contributed by atoms with E-state index in [-0.39, 0.29) is 13.2 Å². The number of nitrogens with zero attached hydrogens (tertiary/aromatic N) is 1. The molecule has 0 aliphatic carbocycles. The fraction of sp³-hybridized carbons (Fsp3) is 0.190. The Morgan fingerprint density at radius 3 is 2.69 bits per heavy atom. The standard InChI is InChI=1S/C21H19Cl2NO2/c1-3-14(11-25)16-9-10-18(22)17(20(16)23)12-26-19-6-4-5-15-8-7-13(2)24-21(15)19/h3-10,25H,11-12H2,1-2H3/b14-3+. The first-order valence-electron chi connectivity index (χ1n) is 8.27. The number of pyridine rings is 1. The second-order valence-corrected chi connectivity index (χ2v) is 6.71. The van der Waals surface area contributed by atoms with Gasteiger partial charge < -0.3 is 9.84 Å². The predicted molar refractivity (Wildman–Crippen MR) is 108 cm³/mol. The number of hydrogen-bond donors (Lipinski definition) is 1. The molecule has 0 amide bonds. The van der Waals surface area contributed by atoms with Gasteiger partial charge in [-0.05, 0) is 43.2 Å². The van der Waals surface area contributed by atoms with Gasteiger partial charge in [0.25, 0.3) is 0 Å². The molecule has 5 heteroatoms. The Morgan fingerprint density at radius 2 is 1.96 bits per heavy atom. The highest BCUT2D eigenvalue weighted by Crippen LogP contribution is 2.34. The smallest absolute Gasteiger partial charge is 0.146 e. The van der Waals surface area contributed by atoms with Gasteiger partial charge in [-0.3, -0.25) is 0 Å². The minimum atomic E-state index is -0.0926. The molecule has 3 nitrogen and oxygen atoms in total. The van der Waals surface area contributed by atoms with Crippen molar-refractivity contribution >= 4 is 39.7 Å². The summed E-state index contributed by atoms with van der Waals surface area (Å²) < 4.78 is 6.01. The van der Waals surface area contributed by atoms with Crippen LogP contribution in [0.2, 0.25) is 10.0 Å². The van der Waals surface area contributed by atoms with E-state index >= 15 is 0 Å². The Labute approximate surface area is 162 Å². The van der Waals surface area contributed by atoms with E-state index in [9.17, 15) is 5.11 Å². The van der Waals surface area contributed by atoms with Crippen LogP contribution in [0.4, 0.5) is 0 Å². The number of benzene rings is 2. The van der Waals surface area contributed by atoms with Gasteiger partial charge >= 0.3 is 0 Å². The minimum Gasteiger partial charge on any atom is -0.487 e. The molecule has 0 unspecified atom stereocenters. The number of halogens is 2. The van der Waals surface area contributed by atoms with Gasteiger partial charge in [0.05, 0.1) is 11.6 Å². The predicted octanol–water partition coefficient (Wildman–Crippen LogP) is 5.82. The van der Waals surface area contributed by atoms with E-state index in [4.69, 9.17) is 27.9 Å². The number of ether oxygens (including phenoxy) is 1. The maximum Gasteiger partial charge on any atom is 0.146 e. The van der Waals surface area contributed by atoms with Crippen LogP contribution in [0.25, 0.3) is 16.5 Å². The highest BCUT2D eigenvalue weighted by molar-refractivity contribution is 6.37. The van der Waals surface area contributed by atoms with Gasteiger partial charge in [0, 0.05) is 21.7 Å². The molecule has 1 N–H and O–H groups in total. The van der Waals surface area contributed by atoms with Crippen LogP contribution in [0.1, 0.15) is 23.7 Å². The van der Waals surface area contributed by atoms with Crippen LogP contribution >= 0.6 is 23.2 Å². The van der Waals surface area contributed by atoms with Crippen LogP contribution in [0.5, 0.6) is 5.75 Å². The van der Waals surface area contributed by atoms with Gasteiger partial charge in [-0.25, -0.2) is 4.98 Å². The summed E-state index contributed by atoms with van der Waals surface area (Å²) in [5, 5.41) is 11.5. The summed E-state index contributed by atoms with van der Waals surface area (Å²) in [5.74, 6) is 0.678. The summed E-state index contributed by atoms with van der Waals surface area (Å²) in [7, 11) is 0. The van der Waals surface area contributed by atoms with Crippen LogP contribution in [0, 0.1) is 6.92 Å². The van der Waals surface area contributed by atoms with Crippen molar-refractivity contribution in [2.45, 2.75) is 20.5 Å². The first-order valence-corrected chi connectivity index (χ1v) is 9.03. The van der Waals surface area contributed by atoms with Crippen molar-refractivity contribution in [2.75, 3.05) is 6.61 Å². The minimum absolute atomic E-state index is 0.0926. The van der Waals surface area contributed by atoms with Crippen LogP contribution in [0.3, 0.4) is 0 Å². The Balaban J connectivity index is 1.96. The number of aromatic nitrogens is 1. The lowest BCUT2D eigenvalue weighted by atomic mass is 10.0. The molecule has 0 fully saturated rings. The van der Waals surface area contributed by atoms with Crippen molar-refractivity contribution in [3.8, 4) is 5.75 Å². The Kier molecular flexibility index (Phi) is 5.82. The Bertz CT molecular complexity index is 983. The summed E-state index contributed by atoms with van der Waals surface area (Å²) in [6, 6.07) is 13.4. The lowest BCUT2D eigenvalue weighted by molar-refractivity contribution is 0.309. The number of rotatable bonds is 5. The summed E-state index contributed by atoms with van der Waals surface area (Å²) in [4.78, 5) is 4.57. The normalized spacial score (nSPS) is 11.8. The molecule has 1 aromatic heterocycles. The first-order chi connectivity index (χ1) is 12.5. The fourth-order valence-corrected chi connectivity index (χ4v) is 3.39. The van der Waals surface area contributed by atoms with E-state index in [0.717, 1.165) is 27.7 Å². The van der Waals surface area contributed by atoms with Gasteiger partial charge in [0.15, 0.2) is 0 Å².